The molecule has 1 N–H and O–H groups in total. The van der Waals surface area contributed by atoms with Gasteiger partial charge in [0.15, 0.2) is 0 Å². The number of nitrogens with one attached hydrogen (secondary N) is 1. The molecule has 1 aromatic carbocycles. The zero-order valence-corrected chi connectivity index (χ0v) is 16.9. The molecule has 1 aliphatic rings. The van der Waals surface area contributed by atoms with Crippen molar-refractivity contribution in [3.8, 4) is 0 Å². The highest BCUT2D eigenvalue weighted by molar-refractivity contribution is 7.89. The van der Waals surface area contributed by atoms with Crippen LogP contribution in [-0.2, 0) is 10.0 Å². The first-order valence-corrected chi connectivity index (χ1v) is 10.8. The van der Waals surface area contributed by atoms with Gasteiger partial charge in [-0.1, -0.05) is 18.0 Å². The summed E-state index contributed by atoms with van der Waals surface area (Å²) >= 11 is 6.16. The van der Waals surface area contributed by atoms with Crippen molar-refractivity contribution in [2.75, 3.05) is 18.4 Å². The number of rotatable bonds is 5. The average molecular weight is 411 g/mol. The van der Waals surface area contributed by atoms with Crippen LogP contribution in [0.5, 0.6) is 0 Å². The molecule has 0 unspecified atom stereocenters. The van der Waals surface area contributed by atoms with E-state index >= 15 is 0 Å². The molecule has 1 aromatic heterocycles. The Kier molecular flexibility index (Phi) is 5.88. The number of amides is 1. The molecular formula is C18H23ClN4O3S. The topological polar surface area (TPSA) is 84.3 Å². The van der Waals surface area contributed by atoms with E-state index in [9.17, 15) is 13.2 Å². The molecule has 7 nitrogen and oxygen atoms in total. The van der Waals surface area contributed by atoms with Crippen molar-refractivity contribution in [1.82, 2.24) is 14.1 Å². The van der Waals surface area contributed by atoms with Crippen molar-refractivity contribution < 1.29 is 13.2 Å². The standard InChI is InChI=1S/C18H23ClN4O3S/c1-13(2)23-17(8-9-20-23)21-18(24)14-6-7-15(19)16(12-14)27(25,26)22-10-4-3-5-11-22/h6-9,12-13H,3-5,10-11H2,1-2H3,(H,21,24). The van der Waals surface area contributed by atoms with Gasteiger partial charge < -0.3 is 5.32 Å². The molecule has 3 rings (SSSR count). The lowest BCUT2D eigenvalue weighted by molar-refractivity contribution is 0.102. The predicted octanol–water partition coefficient (Wildman–Crippen LogP) is 3.54. The number of nitrogens with zero attached hydrogens (tertiary/aromatic N) is 3. The van der Waals surface area contributed by atoms with Gasteiger partial charge >= 0.3 is 0 Å². The van der Waals surface area contributed by atoms with Crippen LogP contribution < -0.4 is 5.32 Å². The first-order valence-electron chi connectivity index (χ1n) is 8.95. The molecule has 0 bridgehead atoms. The number of anilines is 1. The van der Waals surface area contributed by atoms with Crippen LogP contribution in [0.4, 0.5) is 5.82 Å². The maximum Gasteiger partial charge on any atom is 0.256 e. The number of carbonyl (C=O) groups is 1. The minimum atomic E-state index is -3.73. The van der Waals surface area contributed by atoms with Gasteiger partial charge in [-0.15, -0.1) is 0 Å². The Hall–Kier alpha value is -1.90. The zero-order valence-electron chi connectivity index (χ0n) is 15.4. The summed E-state index contributed by atoms with van der Waals surface area (Å²) in [4.78, 5) is 12.6. The quantitative estimate of drug-likeness (QED) is 0.816. The second-order valence-corrected chi connectivity index (χ2v) is 9.13. The molecule has 0 spiro atoms. The zero-order chi connectivity index (χ0) is 19.6. The number of piperidine rings is 1. The van der Waals surface area contributed by atoms with E-state index in [2.05, 4.69) is 10.4 Å². The number of sulfonamides is 1. The molecule has 2 aromatic rings. The van der Waals surface area contributed by atoms with E-state index in [-0.39, 0.29) is 21.5 Å². The van der Waals surface area contributed by atoms with Crippen LogP contribution in [0.3, 0.4) is 0 Å². The van der Waals surface area contributed by atoms with E-state index in [4.69, 9.17) is 11.6 Å². The van der Waals surface area contributed by atoms with Crippen LogP contribution >= 0.6 is 11.6 Å². The fraction of sp³-hybridized carbons (Fsp3) is 0.444. The Morgan fingerprint density at radius 2 is 1.89 bits per heavy atom. The molecular weight excluding hydrogens is 388 g/mol. The van der Waals surface area contributed by atoms with Crippen molar-refractivity contribution in [3.05, 3.63) is 41.0 Å². The van der Waals surface area contributed by atoms with Crippen molar-refractivity contribution in [1.29, 1.82) is 0 Å². The second-order valence-electron chi connectivity index (χ2n) is 6.82. The van der Waals surface area contributed by atoms with Gasteiger partial charge in [-0.25, -0.2) is 13.1 Å². The molecule has 0 aliphatic carbocycles. The highest BCUT2D eigenvalue weighted by Gasteiger charge is 2.28. The summed E-state index contributed by atoms with van der Waals surface area (Å²) < 4.78 is 29.0. The van der Waals surface area contributed by atoms with Gasteiger partial charge in [-0.05, 0) is 44.9 Å². The monoisotopic (exact) mass is 410 g/mol. The first-order chi connectivity index (χ1) is 12.8. The lowest BCUT2D eigenvalue weighted by atomic mass is 10.2. The van der Waals surface area contributed by atoms with Crippen LogP contribution in [0.15, 0.2) is 35.4 Å². The van der Waals surface area contributed by atoms with Crippen molar-refractivity contribution in [3.63, 3.8) is 0 Å². The number of halogens is 1. The van der Waals surface area contributed by atoms with E-state index in [1.54, 1.807) is 16.9 Å². The minimum Gasteiger partial charge on any atom is -0.307 e. The molecule has 27 heavy (non-hydrogen) atoms. The summed E-state index contributed by atoms with van der Waals surface area (Å²) in [6.45, 7) is 4.85. The minimum absolute atomic E-state index is 0.0314. The van der Waals surface area contributed by atoms with Gasteiger partial charge in [0.1, 0.15) is 10.7 Å². The summed E-state index contributed by atoms with van der Waals surface area (Å²) in [6, 6.07) is 6.09. The van der Waals surface area contributed by atoms with Gasteiger partial charge in [0.05, 0.1) is 11.2 Å². The predicted molar refractivity (Wildman–Crippen MR) is 105 cm³/mol. The van der Waals surface area contributed by atoms with E-state index in [0.29, 0.717) is 18.9 Å². The molecule has 146 valence electrons. The fourth-order valence-corrected chi connectivity index (χ4v) is 5.12. The fourth-order valence-electron chi connectivity index (χ4n) is 3.10. The summed E-state index contributed by atoms with van der Waals surface area (Å²) in [6.07, 6.45) is 4.28. The Morgan fingerprint density at radius 3 is 2.56 bits per heavy atom. The number of carbonyl (C=O) groups excluding carboxylic acids is 1. The lowest BCUT2D eigenvalue weighted by Gasteiger charge is -2.26. The van der Waals surface area contributed by atoms with E-state index in [1.165, 1.54) is 22.5 Å². The lowest BCUT2D eigenvalue weighted by Crippen LogP contribution is -2.35. The molecule has 1 saturated heterocycles. The highest BCUT2D eigenvalue weighted by Crippen LogP contribution is 2.28. The Morgan fingerprint density at radius 1 is 1.19 bits per heavy atom. The normalized spacial score (nSPS) is 15.9. The van der Waals surface area contributed by atoms with Crippen LogP contribution in [0.25, 0.3) is 0 Å². The van der Waals surface area contributed by atoms with Gasteiger partial charge in [-0.3, -0.25) is 4.79 Å². The molecule has 0 saturated carbocycles. The smallest absolute Gasteiger partial charge is 0.256 e. The van der Waals surface area contributed by atoms with Crippen molar-refractivity contribution in [2.45, 2.75) is 44.0 Å². The Labute approximate surface area is 164 Å². The highest BCUT2D eigenvalue weighted by atomic mass is 35.5. The third-order valence-electron chi connectivity index (χ3n) is 4.53. The third kappa shape index (κ3) is 4.17. The number of aromatic nitrogens is 2. The van der Waals surface area contributed by atoms with Crippen LogP contribution in [0.2, 0.25) is 5.02 Å². The molecule has 1 amide bonds. The molecule has 9 heteroatoms. The summed E-state index contributed by atoms with van der Waals surface area (Å²) in [5.41, 5.74) is 0.228. The van der Waals surface area contributed by atoms with Crippen LogP contribution in [0.1, 0.15) is 49.5 Å². The maximum absolute atomic E-state index is 12.9. The molecule has 0 atom stereocenters. The first kappa shape index (κ1) is 19.9. The van der Waals surface area contributed by atoms with E-state index in [1.807, 2.05) is 13.8 Å². The average Bonchev–Trinajstić information content (AvgIpc) is 3.11. The van der Waals surface area contributed by atoms with Crippen LogP contribution in [0, 0.1) is 0 Å². The van der Waals surface area contributed by atoms with E-state index < -0.39 is 15.9 Å². The van der Waals surface area contributed by atoms with Crippen LogP contribution in [-0.4, -0.2) is 41.5 Å². The largest absolute Gasteiger partial charge is 0.307 e. The number of hydrogen-bond donors (Lipinski definition) is 1. The molecule has 2 heterocycles. The maximum atomic E-state index is 12.9. The molecule has 1 aliphatic heterocycles. The third-order valence-corrected chi connectivity index (χ3v) is 6.91. The summed E-state index contributed by atoms with van der Waals surface area (Å²) in [5, 5.41) is 7.06. The molecule has 1 fully saturated rings. The molecule has 0 radical (unpaired) electrons. The second kappa shape index (κ2) is 8.00. The van der Waals surface area contributed by atoms with Gasteiger partial charge in [-0.2, -0.15) is 9.40 Å². The SMILES string of the molecule is CC(C)n1nccc1NC(=O)c1ccc(Cl)c(S(=O)(=O)N2CCCCC2)c1. The summed E-state index contributed by atoms with van der Waals surface area (Å²) in [5.74, 6) is 0.134. The van der Waals surface area contributed by atoms with Crippen molar-refractivity contribution >= 4 is 33.3 Å². The number of benzene rings is 1. The van der Waals surface area contributed by atoms with Gasteiger partial charge in [0.25, 0.3) is 5.91 Å². The number of hydrogen-bond acceptors (Lipinski definition) is 4. The van der Waals surface area contributed by atoms with E-state index in [0.717, 1.165) is 19.3 Å². The Bertz CT molecular complexity index is 934. The van der Waals surface area contributed by atoms with Crippen molar-refractivity contribution in [2.24, 2.45) is 0 Å². The van der Waals surface area contributed by atoms with Gasteiger partial charge in [0.2, 0.25) is 10.0 Å². The summed E-state index contributed by atoms with van der Waals surface area (Å²) in [7, 11) is -3.73. The van der Waals surface area contributed by atoms with Gasteiger partial charge in [0, 0.05) is 30.8 Å². The Balaban J connectivity index is 1.88.